The molecule has 3 rings (SSSR count). The van der Waals surface area contributed by atoms with Crippen LogP contribution in [0.25, 0.3) is 10.8 Å². The van der Waals surface area contributed by atoms with E-state index in [0.29, 0.717) is 18.5 Å². The Kier molecular flexibility index (Phi) is 10.8. The van der Waals surface area contributed by atoms with Gasteiger partial charge in [0, 0.05) is 11.7 Å². The van der Waals surface area contributed by atoms with Gasteiger partial charge in [-0.25, -0.2) is 4.79 Å². The molecule has 0 saturated heterocycles. The zero-order valence-corrected chi connectivity index (χ0v) is 26.6. The fourth-order valence-electron chi connectivity index (χ4n) is 5.08. The monoisotopic (exact) mass is 573 g/mol. The Balaban J connectivity index is 2.10. The van der Waals surface area contributed by atoms with Gasteiger partial charge in [0.25, 0.3) is 5.91 Å². The smallest absolute Gasteiger partial charge is 0.408 e. The van der Waals surface area contributed by atoms with Crippen molar-refractivity contribution < 1.29 is 19.1 Å². The summed E-state index contributed by atoms with van der Waals surface area (Å²) in [5.74, 6) is -0.519. The first-order chi connectivity index (χ1) is 19.7. The van der Waals surface area contributed by atoms with Gasteiger partial charge in [-0.3, -0.25) is 9.59 Å². The number of carbonyl (C=O) groups excluding carboxylic acids is 3. The van der Waals surface area contributed by atoms with E-state index in [1.807, 2.05) is 102 Å². The summed E-state index contributed by atoms with van der Waals surface area (Å²) >= 11 is 0. The molecule has 0 aliphatic rings. The summed E-state index contributed by atoms with van der Waals surface area (Å²) in [6.45, 7) is 17.3. The molecule has 0 aliphatic carbocycles. The molecular weight excluding hydrogens is 526 g/mol. The Labute approximate surface area is 251 Å². The normalized spacial score (nSPS) is 13.8. The first kappa shape index (κ1) is 32.6. The lowest BCUT2D eigenvalue weighted by Gasteiger charge is -2.39. The van der Waals surface area contributed by atoms with Crippen LogP contribution in [-0.4, -0.2) is 40.5 Å². The van der Waals surface area contributed by atoms with Crippen LogP contribution in [0.1, 0.15) is 84.0 Å². The number of hydrogen-bond donors (Lipinski definition) is 2. The minimum absolute atomic E-state index is 0.109. The van der Waals surface area contributed by atoms with E-state index in [0.717, 1.165) is 27.5 Å². The van der Waals surface area contributed by atoms with E-state index in [9.17, 15) is 14.4 Å². The Morgan fingerprint density at radius 3 is 2.19 bits per heavy atom. The van der Waals surface area contributed by atoms with Crippen LogP contribution < -0.4 is 10.6 Å². The summed E-state index contributed by atoms with van der Waals surface area (Å²) in [6, 6.07) is 17.5. The second-order valence-electron chi connectivity index (χ2n) is 12.6. The topological polar surface area (TPSA) is 87.7 Å². The van der Waals surface area contributed by atoms with Gasteiger partial charge in [-0.05, 0) is 99.9 Å². The van der Waals surface area contributed by atoms with E-state index in [-0.39, 0.29) is 23.8 Å². The van der Waals surface area contributed by atoms with Crippen LogP contribution in [0.15, 0.2) is 60.7 Å². The SMILES string of the molecule is CCC(C)N(C(=O)C(CC(C)C)NC(=O)OC(C)(C)C)C(C(=O)Nc1ccc2ccccc2c1)c1cccc(C)c1C. The van der Waals surface area contributed by atoms with Crippen LogP contribution in [0.5, 0.6) is 0 Å². The summed E-state index contributed by atoms with van der Waals surface area (Å²) in [4.78, 5) is 43.3. The third-order valence-corrected chi connectivity index (χ3v) is 7.50. The fourth-order valence-corrected chi connectivity index (χ4v) is 5.08. The number of benzene rings is 3. The third kappa shape index (κ3) is 8.34. The number of ether oxygens (including phenoxy) is 1. The van der Waals surface area contributed by atoms with Crippen LogP contribution in [0, 0.1) is 19.8 Å². The van der Waals surface area contributed by atoms with E-state index >= 15 is 0 Å². The Bertz CT molecular complexity index is 1410. The highest BCUT2D eigenvalue weighted by Crippen LogP contribution is 2.32. The molecule has 3 atom stereocenters. The second-order valence-corrected chi connectivity index (χ2v) is 12.6. The molecule has 3 amide bonds. The van der Waals surface area contributed by atoms with E-state index < -0.39 is 23.8 Å². The van der Waals surface area contributed by atoms with Crippen LogP contribution in [0.3, 0.4) is 0 Å². The highest BCUT2D eigenvalue weighted by atomic mass is 16.6. The lowest BCUT2D eigenvalue weighted by atomic mass is 9.92. The number of fused-ring (bicyclic) bond motifs is 1. The molecule has 0 heterocycles. The molecule has 3 unspecified atom stereocenters. The number of nitrogens with zero attached hydrogens (tertiary/aromatic N) is 1. The second kappa shape index (κ2) is 13.9. The quantitative estimate of drug-likeness (QED) is 0.260. The Hall–Kier alpha value is -3.87. The number of anilines is 1. The van der Waals surface area contributed by atoms with Crippen LogP contribution >= 0.6 is 0 Å². The molecule has 7 heteroatoms. The number of carbonyl (C=O) groups is 3. The number of aryl methyl sites for hydroxylation is 1. The lowest BCUT2D eigenvalue weighted by Crippen LogP contribution is -2.55. The van der Waals surface area contributed by atoms with Gasteiger partial charge in [-0.2, -0.15) is 0 Å². The Morgan fingerprint density at radius 1 is 0.905 bits per heavy atom. The average Bonchev–Trinajstić information content (AvgIpc) is 2.91. The maximum absolute atomic E-state index is 14.5. The molecule has 226 valence electrons. The predicted octanol–water partition coefficient (Wildman–Crippen LogP) is 7.70. The number of amides is 3. The predicted molar refractivity (Wildman–Crippen MR) is 170 cm³/mol. The molecule has 0 fully saturated rings. The van der Waals surface area contributed by atoms with Gasteiger partial charge in [0.2, 0.25) is 5.91 Å². The molecule has 0 aliphatic heterocycles. The highest BCUT2D eigenvalue weighted by Gasteiger charge is 2.39. The number of nitrogens with one attached hydrogen (secondary N) is 2. The first-order valence-corrected chi connectivity index (χ1v) is 14.9. The first-order valence-electron chi connectivity index (χ1n) is 14.9. The summed E-state index contributed by atoms with van der Waals surface area (Å²) in [5.41, 5.74) is 2.65. The number of rotatable bonds is 10. The largest absolute Gasteiger partial charge is 0.444 e. The standard InChI is InChI=1S/C35H47N3O4/c1-10-24(5)38(33(40)30(20-22(2)3)37-34(41)42-35(7,8)9)31(29-17-13-14-23(4)25(29)6)32(39)36-28-19-18-26-15-11-12-16-27(26)21-28/h11-19,21-22,24,30-31H,10,20H2,1-9H3,(H,36,39)(H,37,41). The minimum atomic E-state index is -0.922. The summed E-state index contributed by atoms with van der Waals surface area (Å²) in [5, 5.41) is 8.00. The molecule has 0 radical (unpaired) electrons. The molecule has 0 bridgehead atoms. The van der Waals surface area contributed by atoms with Crippen molar-refractivity contribution >= 4 is 34.4 Å². The van der Waals surface area contributed by atoms with Gasteiger partial charge in [0.15, 0.2) is 0 Å². The molecule has 3 aromatic rings. The maximum atomic E-state index is 14.5. The summed E-state index contributed by atoms with van der Waals surface area (Å²) < 4.78 is 5.51. The zero-order valence-electron chi connectivity index (χ0n) is 26.6. The van der Waals surface area contributed by atoms with Crippen molar-refractivity contribution in [2.24, 2.45) is 5.92 Å². The van der Waals surface area contributed by atoms with Gasteiger partial charge in [-0.15, -0.1) is 0 Å². The highest BCUT2D eigenvalue weighted by molar-refractivity contribution is 6.00. The van der Waals surface area contributed by atoms with E-state index in [2.05, 4.69) is 10.6 Å². The van der Waals surface area contributed by atoms with Gasteiger partial charge in [-0.1, -0.05) is 69.3 Å². The van der Waals surface area contributed by atoms with Gasteiger partial charge < -0.3 is 20.3 Å². The molecular formula is C35H47N3O4. The molecule has 0 aromatic heterocycles. The van der Waals surface area contributed by atoms with Gasteiger partial charge in [0.1, 0.15) is 17.7 Å². The van der Waals surface area contributed by atoms with Crippen LogP contribution in [0.4, 0.5) is 10.5 Å². The Morgan fingerprint density at radius 2 is 1.57 bits per heavy atom. The molecule has 3 aromatic carbocycles. The van der Waals surface area contributed by atoms with Crippen molar-refractivity contribution in [2.45, 2.75) is 98.9 Å². The number of alkyl carbamates (subject to hydrolysis) is 1. The number of hydrogen-bond acceptors (Lipinski definition) is 4. The molecule has 2 N–H and O–H groups in total. The van der Waals surface area contributed by atoms with E-state index in [4.69, 9.17) is 4.74 Å². The zero-order chi connectivity index (χ0) is 31.2. The van der Waals surface area contributed by atoms with Crippen molar-refractivity contribution in [2.75, 3.05) is 5.32 Å². The van der Waals surface area contributed by atoms with Gasteiger partial charge in [0.05, 0.1) is 0 Å². The van der Waals surface area contributed by atoms with Crippen LogP contribution in [-0.2, 0) is 14.3 Å². The molecule has 0 spiro atoms. The summed E-state index contributed by atoms with van der Waals surface area (Å²) in [6.07, 6.45) is 0.364. The maximum Gasteiger partial charge on any atom is 0.408 e. The van der Waals surface area contributed by atoms with Crippen molar-refractivity contribution in [3.63, 3.8) is 0 Å². The van der Waals surface area contributed by atoms with Crippen molar-refractivity contribution in [3.05, 3.63) is 77.4 Å². The lowest BCUT2D eigenvalue weighted by molar-refractivity contribution is -0.143. The molecule has 42 heavy (non-hydrogen) atoms. The van der Waals surface area contributed by atoms with Crippen LogP contribution in [0.2, 0.25) is 0 Å². The molecule has 7 nitrogen and oxygen atoms in total. The van der Waals surface area contributed by atoms with E-state index in [1.54, 1.807) is 25.7 Å². The van der Waals surface area contributed by atoms with E-state index in [1.165, 1.54) is 0 Å². The van der Waals surface area contributed by atoms with Crippen molar-refractivity contribution in [1.82, 2.24) is 10.2 Å². The summed E-state index contributed by atoms with van der Waals surface area (Å²) in [7, 11) is 0. The minimum Gasteiger partial charge on any atom is -0.444 e. The average molecular weight is 574 g/mol. The fraction of sp³-hybridized carbons (Fsp3) is 0.457. The van der Waals surface area contributed by atoms with Gasteiger partial charge >= 0.3 is 6.09 Å². The third-order valence-electron chi connectivity index (χ3n) is 7.50. The molecule has 0 saturated carbocycles. The van der Waals surface area contributed by atoms with Crippen molar-refractivity contribution in [3.8, 4) is 0 Å². The van der Waals surface area contributed by atoms with Crippen molar-refractivity contribution in [1.29, 1.82) is 0 Å².